The van der Waals surface area contributed by atoms with Gasteiger partial charge in [0.05, 0.1) is 5.56 Å². The molecule has 0 aliphatic heterocycles. The van der Waals surface area contributed by atoms with Crippen molar-refractivity contribution in [1.82, 2.24) is 4.90 Å². The van der Waals surface area contributed by atoms with Gasteiger partial charge in [0.25, 0.3) is 5.91 Å². The number of amides is 1. The Morgan fingerprint density at radius 2 is 1.78 bits per heavy atom. The van der Waals surface area contributed by atoms with E-state index in [4.69, 9.17) is 0 Å². The highest BCUT2D eigenvalue weighted by Crippen LogP contribution is 2.32. The van der Waals surface area contributed by atoms with Crippen LogP contribution in [0, 0.1) is 13.8 Å². The third kappa shape index (κ3) is 1.92. The minimum atomic E-state index is -0.182. The molecule has 0 fully saturated rings. The molecule has 0 unspecified atom stereocenters. The predicted molar refractivity (Wildman–Crippen MR) is 73.1 cm³/mol. The zero-order chi connectivity index (χ0) is 13.4. The summed E-state index contributed by atoms with van der Waals surface area (Å²) in [5.41, 5.74) is 2.49. The zero-order valence-corrected chi connectivity index (χ0v) is 11.1. The number of rotatable bonds is 1. The molecule has 2 aromatic carbocycles. The van der Waals surface area contributed by atoms with Gasteiger partial charge in [-0.05, 0) is 30.9 Å². The highest BCUT2D eigenvalue weighted by molar-refractivity contribution is 6.04. The molecular weight excluding hydrogens is 226 g/mol. The minimum Gasteiger partial charge on any atom is -0.506 e. The first-order valence-corrected chi connectivity index (χ1v) is 5.86. The predicted octanol–water partition coefficient (Wildman–Crippen LogP) is 2.86. The second-order valence-corrected chi connectivity index (χ2v) is 4.84. The van der Waals surface area contributed by atoms with Crippen LogP contribution in [0.3, 0.4) is 0 Å². The van der Waals surface area contributed by atoms with Gasteiger partial charge < -0.3 is 10.0 Å². The number of aromatic hydroxyl groups is 1. The Morgan fingerprint density at radius 3 is 2.39 bits per heavy atom. The summed E-state index contributed by atoms with van der Waals surface area (Å²) in [6, 6.07) is 7.57. The normalized spacial score (nSPS) is 10.7. The average molecular weight is 243 g/mol. The molecule has 18 heavy (non-hydrogen) atoms. The number of phenolic OH excluding ortho intramolecular Hbond substituents is 1. The van der Waals surface area contributed by atoms with Gasteiger partial charge in [-0.1, -0.05) is 23.8 Å². The number of aryl methyl sites for hydroxylation is 2. The largest absolute Gasteiger partial charge is 0.506 e. The topological polar surface area (TPSA) is 40.5 Å². The molecule has 0 aliphatic carbocycles. The standard InChI is InChI=1S/C15H17NO2/c1-9-5-6-11-12(7-9)10(2)8-13(14(11)17)15(18)16(3)4/h5-8,17H,1-4H3. The van der Waals surface area contributed by atoms with Gasteiger partial charge in [0.15, 0.2) is 0 Å². The van der Waals surface area contributed by atoms with E-state index in [1.807, 2.05) is 32.0 Å². The third-order valence-electron chi connectivity index (χ3n) is 3.11. The maximum atomic E-state index is 12.0. The molecule has 94 valence electrons. The van der Waals surface area contributed by atoms with E-state index in [-0.39, 0.29) is 11.7 Å². The summed E-state index contributed by atoms with van der Waals surface area (Å²) in [6.45, 7) is 3.96. The SMILES string of the molecule is Cc1ccc2c(O)c(C(=O)N(C)C)cc(C)c2c1. The van der Waals surface area contributed by atoms with Gasteiger partial charge in [0.2, 0.25) is 0 Å². The van der Waals surface area contributed by atoms with Crippen molar-refractivity contribution in [3.8, 4) is 5.75 Å². The molecule has 0 saturated carbocycles. The number of fused-ring (bicyclic) bond motifs is 1. The first-order valence-electron chi connectivity index (χ1n) is 5.86. The first-order chi connectivity index (χ1) is 8.41. The van der Waals surface area contributed by atoms with E-state index in [1.54, 1.807) is 20.2 Å². The Bertz CT molecular complexity index is 630. The molecule has 1 amide bonds. The van der Waals surface area contributed by atoms with Crippen LogP contribution in [0.15, 0.2) is 24.3 Å². The lowest BCUT2D eigenvalue weighted by Crippen LogP contribution is -2.21. The Hall–Kier alpha value is -2.03. The number of hydrogen-bond donors (Lipinski definition) is 1. The average Bonchev–Trinajstić information content (AvgIpc) is 2.32. The summed E-state index contributed by atoms with van der Waals surface area (Å²) < 4.78 is 0. The lowest BCUT2D eigenvalue weighted by molar-refractivity contribution is 0.0825. The van der Waals surface area contributed by atoms with Crippen LogP contribution in [0.2, 0.25) is 0 Å². The number of benzene rings is 2. The summed E-state index contributed by atoms with van der Waals surface area (Å²) in [6.07, 6.45) is 0. The molecular formula is C15H17NO2. The number of nitrogens with zero attached hydrogens (tertiary/aromatic N) is 1. The Kier molecular flexibility index (Phi) is 2.99. The van der Waals surface area contributed by atoms with Crippen molar-refractivity contribution in [3.63, 3.8) is 0 Å². The van der Waals surface area contributed by atoms with E-state index in [0.29, 0.717) is 5.56 Å². The van der Waals surface area contributed by atoms with Gasteiger partial charge >= 0.3 is 0 Å². The van der Waals surface area contributed by atoms with Crippen LogP contribution in [-0.4, -0.2) is 30.0 Å². The number of hydrogen-bond acceptors (Lipinski definition) is 2. The van der Waals surface area contributed by atoms with Crippen molar-refractivity contribution in [2.24, 2.45) is 0 Å². The molecule has 2 aromatic rings. The number of carbonyl (C=O) groups excluding carboxylic acids is 1. The highest BCUT2D eigenvalue weighted by Gasteiger charge is 2.17. The van der Waals surface area contributed by atoms with Crippen LogP contribution in [0.1, 0.15) is 21.5 Å². The number of carbonyl (C=O) groups is 1. The molecule has 0 aliphatic rings. The summed E-state index contributed by atoms with van der Waals surface area (Å²) in [4.78, 5) is 13.5. The molecule has 0 saturated heterocycles. The van der Waals surface area contributed by atoms with Crippen molar-refractivity contribution < 1.29 is 9.90 Å². The van der Waals surface area contributed by atoms with Gasteiger partial charge in [-0.15, -0.1) is 0 Å². The molecule has 1 N–H and O–H groups in total. The summed E-state index contributed by atoms with van der Waals surface area (Å²) >= 11 is 0. The fraction of sp³-hybridized carbons (Fsp3) is 0.267. The zero-order valence-electron chi connectivity index (χ0n) is 11.1. The van der Waals surface area contributed by atoms with Crippen LogP contribution in [0.4, 0.5) is 0 Å². The number of phenols is 1. The van der Waals surface area contributed by atoms with E-state index in [2.05, 4.69) is 0 Å². The maximum Gasteiger partial charge on any atom is 0.257 e. The van der Waals surface area contributed by atoms with E-state index in [1.165, 1.54) is 4.90 Å². The van der Waals surface area contributed by atoms with Crippen molar-refractivity contribution in [3.05, 3.63) is 41.0 Å². The molecule has 0 aromatic heterocycles. The molecule has 3 heteroatoms. The molecule has 3 nitrogen and oxygen atoms in total. The van der Waals surface area contributed by atoms with Crippen molar-refractivity contribution in [2.45, 2.75) is 13.8 Å². The minimum absolute atomic E-state index is 0.0642. The maximum absolute atomic E-state index is 12.0. The molecule has 2 rings (SSSR count). The van der Waals surface area contributed by atoms with Crippen LogP contribution in [0.25, 0.3) is 10.8 Å². The molecule has 0 atom stereocenters. The van der Waals surface area contributed by atoms with E-state index >= 15 is 0 Å². The van der Waals surface area contributed by atoms with Crippen LogP contribution in [-0.2, 0) is 0 Å². The van der Waals surface area contributed by atoms with Gasteiger partial charge in [0, 0.05) is 19.5 Å². The van der Waals surface area contributed by atoms with Crippen molar-refractivity contribution in [1.29, 1.82) is 0 Å². The summed E-state index contributed by atoms with van der Waals surface area (Å²) in [7, 11) is 3.35. The fourth-order valence-corrected chi connectivity index (χ4v) is 2.10. The van der Waals surface area contributed by atoms with Gasteiger partial charge in [0.1, 0.15) is 5.75 Å². The third-order valence-corrected chi connectivity index (χ3v) is 3.11. The lowest BCUT2D eigenvalue weighted by Gasteiger charge is -2.14. The molecule has 0 heterocycles. The van der Waals surface area contributed by atoms with Crippen LogP contribution < -0.4 is 0 Å². The van der Waals surface area contributed by atoms with Crippen LogP contribution >= 0.6 is 0 Å². The Labute approximate surface area is 107 Å². The van der Waals surface area contributed by atoms with Crippen molar-refractivity contribution >= 4 is 16.7 Å². The molecule has 0 bridgehead atoms. The quantitative estimate of drug-likeness (QED) is 0.836. The Morgan fingerprint density at radius 1 is 1.11 bits per heavy atom. The summed E-state index contributed by atoms with van der Waals surface area (Å²) in [5.74, 6) is -0.118. The van der Waals surface area contributed by atoms with E-state index in [9.17, 15) is 9.90 Å². The molecule has 0 radical (unpaired) electrons. The van der Waals surface area contributed by atoms with E-state index in [0.717, 1.165) is 21.9 Å². The van der Waals surface area contributed by atoms with Crippen molar-refractivity contribution in [2.75, 3.05) is 14.1 Å². The second-order valence-electron chi connectivity index (χ2n) is 4.84. The van der Waals surface area contributed by atoms with Crippen LogP contribution in [0.5, 0.6) is 5.75 Å². The van der Waals surface area contributed by atoms with Gasteiger partial charge in [-0.25, -0.2) is 0 Å². The smallest absolute Gasteiger partial charge is 0.257 e. The van der Waals surface area contributed by atoms with Gasteiger partial charge in [-0.3, -0.25) is 4.79 Å². The van der Waals surface area contributed by atoms with Gasteiger partial charge in [-0.2, -0.15) is 0 Å². The lowest BCUT2D eigenvalue weighted by atomic mass is 9.98. The first kappa shape index (κ1) is 12.4. The second kappa shape index (κ2) is 4.33. The summed E-state index contributed by atoms with van der Waals surface area (Å²) in [5, 5.41) is 12.0. The molecule has 0 spiro atoms. The fourth-order valence-electron chi connectivity index (χ4n) is 2.10. The van der Waals surface area contributed by atoms with E-state index < -0.39 is 0 Å². The highest BCUT2D eigenvalue weighted by atomic mass is 16.3. The Balaban J connectivity index is 2.77. The monoisotopic (exact) mass is 243 g/mol.